The lowest BCUT2D eigenvalue weighted by atomic mass is 10.3. The molecule has 0 spiro atoms. The van der Waals surface area contributed by atoms with Gasteiger partial charge in [-0.15, -0.1) is 11.3 Å². The van der Waals surface area contributed by atoms with E-state index in [0.29, 0.717) is 16.9 Å². The first-order chi connectivity index (χ1) is 8.40. The number of aromatic amines is 1. The predicted molar refractivity (Wildman–Crippen MR) is 65.4 cm³/mol. The Bertz CT molecular complexity index is 673. The summed E-state index contributed by atoms with van der Waals surface area (Å²) in [6.07, 6.45) is 2.88. The van der Waals surface area contributed by atoms with Gasteiger partial charge in [0.1, 0.15) is 9.09 Å². The first kappa shape index (κ1) is 12.6. The number of aryl methyl sites for hydroxylation is 1. The lowest BCUT2D eigenvalue weighted by Crippen LogP contribution is -2.12. The van der Waals surface area contributed by atoms with Gasteiger partial charge in [-0.25, -0.2) is 22.9 Å². The van der Waals surface area contributed by atoms with Crippen LogP contribution in [0.25, 0.3) is 0 Å². The number of carboxylic acids is 1. The second kappa shape index (κ2) is 4.42. The first-order valence-corrected chi connectivity index (χ1v) is 7.06. The monoisotopic (exact) mass is 287 g/mol. The van der Waals surface area contributed by atoms with Crippen molar-refractivity contribution < 1.29 is 18.3 Å². The number of carboxylic acid groups (broad SMARTS) is 1. The third-order valence-electron chi connectivity index (χ3n) is 2.08. The van der Waals surface area contributed by atoms with Gasteiger partial charge in [0.25, 0.3) is 10.0 Å². The van der Waals surface area contributed by atoms with Crippen LogP contribution < -0.4 is 4.72 Å². The molecule has 0 unspecified atom stereocenters. The third kappa shape index (κ3) is 2.36. The fourth-order valence-electron chi connectivity index (χ4n) is 1.30. The number of imidazole rings is 1. The summed E-state index contributed by atoms with van der Waals surface area (Å²) >= 11 is 0.705. The average Bonchev–Trinajstić information content (AvgIpc) is 2.86. The Labute approximate surface area is 107 Å². The van der Waals surface area contributed by atoms with Crippen LogP contribution in [0.2, 0.25) is 0 Å². The second-order valence-electron chi connectivity index (χ2n) is 3.43. The number of hydrogen-bond donors (Lipinski definition) is 3. The number of aromatic carboxylic acids is 1. The van der Waals surface area contributed by atoms with E-state index in [9.17, 15) is 13.2 Å². The van der Waals surface area contributed by atoms with E-state index in [1.165, 1.54) is 18.5 Å². The van der Waals surface area contributed by atoms with E-state index in [1.807, 2.05) is 0 Å². The van der Waals surface area contributed by atoms with Crippen LogP contribution in [0, 0.1) is 6.92 Å². The van der Waals surface area contributed by atoms with E-state index in [4.69, 9.17) is 5.11 Å². The fourth-order valence-corrected chi connectivity index (χ4v) is 3.65. The van der Waals surface area contributed by atoms with Crippen molar-refractivity contribution in [3.05, 3.63) is 28.9 Å². The zero-order valence-corrected chi connectivity index (χ0v) is 10.8. The summed E-state index contributed by atoms with van der Waals surface area (Å²) in [5, 5.41) is 8.88. The van der Waals surface area contributed by atoms with E-state index in [-0.39, 0.29) is 15.0 Å². The van der Waals surface area contributed by atoms with Crippen molar-refractivity contribution in [1.82, 2.24) is 9.97 Å². The second-order valence-corrected chi connectivity index (χ2v) is 6.39. The van der Waals surface area contributed by atoms with Crippen molar-refractivity contribution in [3.8, 4) is 0 Å². The minimum atomic E-state index is -3.81. The molecule has 0 aliphatic rings. The molecule has 18 heavy (non-hydrogen) atoms. The molecule has 0 bridgehead atoms. The van der Waals surface area contributed by atoms with Gasteiger partial charge in [0.2, 0.25) is 5.95 Å². The lowest BCUT2D eigenvalue weighted by Gasteiger charge is -2.01. The smallest absolute Gasteiger partial charge is 0.346 e. The number of anilines is 1. The summed E-state index contributed by atoms with van der Waals surface area (Å²) in [5.41, 5.74) is 0.410. The number of rotatable bonds is 4. The number of nitrogens with one attached hydrogen (secondary N) is 2. The highest BCUT2D eigenvalue weighted by molar-refractivity contribution is 7.94. The molecule has 0 fully saturated rings. The van der Waals surface area contributed by atoms with E-state index < -0.39 is 16.0 Å². The Morgan fingerprint density at radius 3 is 2.78 bits per heavy atom. The van der Waals surface area contributed by atoms with Crippen molar-refractivity contribution in [2.75, 3.05) is 4.72 Å². The molecule has 0 radical (unpaired) electrons. The predicted octanol–water partition coefficient (Wildman–Crippen LogP) is 1.28. The first-order valence-electron chi connectivity index (χ1n) is 4.76. The number of aromatic nitrogens is 2. The molecule has 2 aromatic rings. The number of hydrogen-bond acceptors (Lipinski definition) is 5. The van der Waals surface area contributed by atoms with Gasteiger partial charge in [-0.2, -0.15) is 0 Å². The maximum Gasteiger partial charge on any atom is 0.346 e. The molecule has 2 rings (SSSR count). The van der Waals surface area contributed by atoms with E-state index in [2.05, 4.69) is 14.7 Å². The summed E-state index contributed by atoms with van der Waals surface area (Å²) in [7, 11) is -3.81. The molecule has 2 aromatic heterocycles. The maximum absolute atomic E-state index is 11.9. The third-order valence-corrected chi connectivity index (χ3v) is 5.12. The number of sulfonamides is 1. The van der Waals surface area contributed by atoms with Gasteiger partial charge in [0.15, 0.2) is 0 Å². The van der Waals surface area contributed by atoms with Crippen LogP contribution in [0.5, 0.6) is 0 Å². The summed E-state index contributed by atoms with van der Waals surface area (Å²) in [6.45, 7) is 1.55. The van der Waals surface area contributed by atoms with Crippen molar-refractivity contribution in [2.45, 2.75) is 11.1 Å². The molecule has 3 N–H and O–H groups in total. The lowest BCUT2D eigenvalue weighted by molar-refractivity contribution is 0.0701. The fraction of sp³-hybridized carbons (Fsp3) is 0.111. The Kier molecular flexibility index (Phi) is 3.09. The number of H-pyrrole nitrogens is 1. The number of thiophene rings is 1. The topological polar surface area (TPSA) is 112 Å². The number of carbonyl (C=O) groups is 1. The molecule has 0 atom stereocenters. The summed E-state index contributed by atoms with van der Waals surface area (Å²) in [6, 6.07) is 1.32. The van der Waals surface area contributed by atoms with Gasteiger partial charge >= 0.3 is 5.97 Å². The highest BCUT2D eigenvalue weighted by atomic mass is 32.2. The van der Waals surface area contributed by atoms with Gasteiger partial charge < -0.3 is 10.1 Å². The molecule has 2 heterocycles. The van der Waals surface area contributed by atoms with Crippen molar-refractivity contribution >= 4 is 33.3 Å². The van der Waals surface area contributed by atoms with Crippen molar-refractivity contribution in [2.24, 2.45) is 0 Å². The largest absolute Gasteiger partial charge is 0.477 e. The van der Waals surface area contributed by atoms with Crippen LogP contribution >= 0.6 is 11.3 Å². The Morgan fingerprint density at radius 2 is 2.28 bits per heavy atom. The normalized spacial score (nSPS) is 11.4. The Hall–Kier alpha value is -1.87. The van der Waals surface area contributed by atoms with Gasteiger partial charge in [0.05, 0.1) is 0 Å². The van der Waals surface area contributed by atoms with Gasteiger partial charge in [-0.1, -0.05) is 0 Å². The standard InChI is InChI=1S/C9H9N3O4S2/c1-5-4-6(17-7(5)8(13)14)18(15,16)12-9-10-2-3-11-9/h2-4H,1H3,(H,13,14)(H2,10,11,12). The van der Waals surface area contributed by atoms with E-state index in [0.717, 1.165) is 0 Å². The van der Waals surface area contributed by atoms with Gasteiger partial charge in [-0.05, 0) is 18.6 Å². The summed E-state index contributed by atoms with van der Waals surface area (Å²) in [4.78, 5) is 17.2. The van der Waals surface area contributed by atoms with Gasteiger partial charge in [0, 0.05) is 12.4 Å². The average molecular weight is 287 g/mol. The van der Waals surface area contributed by atoms with Crippen LogP contribution in [0.15, 0.2) is 22.7 Å². The molecule has 0 saturated carbocycles. The van der Waals surface area contributed by atoms with Crippen LogP contribution in [0.4, 0.5) is 5.95 Å². The summed E-state index contributed by atoms with van der Waals surface area (Å²) < 4.78 is 26.0. The zero-order valence-electron chi connectivity index (χ0n) is 9.17. The zero-order chi connectivity index (χ0) is 13.3. The number of nitrogens with zero attached hydrogens (tertiary/aromatic N) is 1. The highest BCUT2D eigenvalue weighted by Crippen LogP contribution is 2.26. The molecular formula is C9H9N3O4S2. The maximum atomic E-state index is 11.9. The Morgan fingerprint density at radius 1 is 1.56 bits per heavy atom. The molecule has 0 amide bonds. The molecule has 0 aliphatic heterocycles. The molecule has 0 aliphatic carbocycles. The summed E-state index contributed by atoms with van der Waals surface area (Å²) in [5.74, 6) is -1.06. The minimum Gasteiger partial charge on any atom is -0.477 e. The van der Waals surface area contributed by atoms with Crippen LogP contribution in [-0.2, 0) is 10.0 Å². The molecule has 0 aromatic carbocycles. The SMILES string of the molecule is Cc1cc(S(=O)(=O)Nc2ncc[nH]2)sc1C(=O)O. The highest BCUT2D eigenvalue weighted by Gasteiger charge is 2.22. The van der Waals surface area contributed by atoms with Gasteiger partial charge in [-0.3, -0.25) is 0 Å². The molecule has 96 valence electrons. The van der Waals surface area contributed by atoms with Crippen LogP contribution in [0.3, 0.4) is 0 Å². The van der Waals surface area contributed by atoms with E-state index in [1.54, 1.807) is 6.92 Å². The van der Waals surface area contributed by atoms with Crippen LogP contribution in [-0.4, -0.2) is 29.5 Å². The molecule has 9 heteroatoms. The quantitative estimate of drug-likeness (QED) is 0.784. The Balaban J connectivity index is 2.36. The molecular weight excluding hydrogens is 278 g/mol. The van der Waals surface area contributed by atoms with Crippen LogP contribution in [0.1, 0.15) is 15.2 Å². The van der Waals surface area contributed by atoms with Crippen molar-refractivity contribution in [3.63, 3.8) is 0 Å². The van der Waals surface area contributed by atoms with E-state index >= 15 is 0 Å². The van der Waals surface area contributed by atoms with Crippen molar-refractivity contribution in [1.29, 1.82) is 0 Å². The molecule has 0 saturated heterocycles. The minimum absolute atomic E-state index is 0.00909. The molecule has 7 nitrogen and oxygen atoms in total.